The first kappa shape index (κ1) is 15.5. The number of rotatable bonds is 8. The van der Waals surface area contributed by atoms with E-state index in [-0.39, 0.29) is 5.91 Å². The Morgan fingerprint density at radius 1 is 1.26 bits per heavy atom. The number of aromatic nitrogens is 2. The first-order valence-corrected chi connectivity index (χ1v) is 7.26. The summed E-state index contributed by atoms with van der Waals surface area (Å²) in [5.74, 6) is 0.553. The number of hydrogen-bond acceptors (Lipinski definition) is 3. The van der Waals surface area contributed by atoms with E-state index < -0.39 is 0 Å². The summed E-state index contributed by atoms with van der Waals surface area (Å²) in [5.41, 5.74) is 6.28. The number of amides is 1. The summed E-state index contributed by atoms with van der Waals surface area (Å²) in [6.45, 7) is 8.51. The fourth-order valence-corrected chi connectivity index (χ4v) is 1.96. The Morgan fingerprint density at radius 2 is 1.84 bits per heavy atom. The molecule has 1 amide bonds. The van der Waals surface area contributed by atoms with Crippen molar-refractivity contribution >= 4 is 11.7 Å². The fourth-order valence-electron chi connectivity index (χ4n) is 1.96. The van der Waals surface area contributed by atoms with E-state index in [2.05, 4.69) is 18.9 Å². The number of unbranched alkanes of at least 4 members (excludes halogenated alkanes) is 2. The van der Waals surface area contributed by atoms with Gasteiger partial charge in [-0.15, -0.1) is 0 Å². The van der Waals surface area contributed by atoms with Gasteiger partial charge in [0.25, 0.3) is 5.91 Å². The van der Waals surface area contributed by atoms with Crippen molar-refractivity contribution in [3.63, 3.8) is 0 Å². The average Bonchev–Trinajstić information content (AvgIpc) is 2.79. The van der Waals surface area contributed by atoms with Crippen molar-refractivity contribution in [1.82, 2.24) is 14.7 Å². The zero-order valence-electron chi connectivity index (χ0n) is 12.4. The summed E-state index contributed by atoms with van der Waals surface area (Å²) in [5, 5.41) is 4.27. The molecule has 5 heteroatoms. The number of anilines is 1. The summed E-state index contributed by atoms with van der Waals surface area (Å²) in [6.07, 6.45) is 4.22. The van der Waals surface area contributed by atoms with E-state index in [1.165, 1.54) is 0 Å². The smallest absolute Gasteiger partial charge is 0.274 e. The monoisotopic (exact) mass is 266 g/mol. The third-order valence-corrected chi connectivity index (χ3v) is 3.18. The zero-order chi connectivity index (χ0) is 14.3. The minimum Gasteiger partial charge on any atom is -0.384 e. The number of aryl methyl sites for hydroxylation is 1. The van der Waals surface area contributed by atoms with Crippen LogP contribution < -0.4 is 5.73 Å². The number of nitrogens with two attached hydrogens (primary N) is 1. The first-order valence-electron chi connectivity index (χ1n) is 7.26. The van der Waals surface area contributed by atoms with Crippen molar-refractivity contribution in [1.29, 1.82) is 0 Å². The Labute approximate surface area is 115 Å². The molecular formula is C14H26N4O. The fraction of sp³-hybridized carbons (Fsp3) is 0.714. The molecule has 19 heavy (non-hydrogen) atoms. The van der Waals surface area contributed by atoms with Gasteiger partial charge >= 0.3 is 0 Å². The molecule has 1 rings (SSSR count). The zero-order valence-corrected chi connectivity index (χ0v) is 12.4. The highest BCUT2D eigenvalue weighted by molar-refractivity contribution is 5.93. The minimum atomic E-state index is 0.000741. The van der Waals surface area contributed by atoms with Crippen LogP contribution in [0.3, 0.4) is 0 Å². The molecule has 0 aliphatic carbocycles. The quantitative estimate of drug-likeness (QED) is 0.786. The predicted octanol–water partition coefficient (Wildman–Crippen LogP) is 2.53. The van der Waals surface area contributed by atoms with E-state index in [1.807, 2.05) is 11.8 Å². The molecule has 1 aromatic rings. The van der Waals surface area contributed by atoms with Gasteiger partial charge in [-0.2, -0.15) is 5.10 Å². The summed E-state index contributed by atoms with van der Waals surface area (Å²) < 4.78 is 1.66. The number of carbonyl (C=O) groups is 1. The highest BCUT2D eigenvalue weighted by Gasteiger charge is 2.18. The largest absolute Gasteiger partial charge is 0.384 e. The van der Waals surface area contributed by atoms with Gasteiger partial charge in [0.15, 0.2) is 5.69 Å². The standard InChI is InChI=1S/C14H26N4O/c1-4-7-9-17(10-8-5-2)14(19)12-11-13(15)18(6-3)16-12/h11H,4-10,15H2,1-3H3. The van der Waals surface area contributed by atoms with Crippen LogP contribution in [-0.4, -0.2) is 33.7 Å². The topological polar surface area (TPSA) is 64.2 Å². The maximum Gasteiger partial charge on any atom is 0.274 e. The summed E-state index contributed by atoms with van der Waals surface area (Å²) >= 11 is 0. The Morgan fingerprint density at radius 3 is 2.26 bits per heavy atom. The number of nitrogen functional groups attached to an aromatic ring is 1. The van der Waals surface area contributed by atoms with Gasteiger partial charge in [-0.1, -0.05) is 26.7 Å². The van der Waals surface area contributed by atoms with Crippen molar-refractivity contribution < 1.29 is 4.79 Å². The lowest BCUT2D eigenvalue weighted by Crippen LogP contribution is -2.33. The minimum absolute atomic E-state index is 0.000741. The molecule has 0 saturated heterocycles. The van der Waals surface area contributed by atoms with Crippen LogP contribution in [0.25, 0.3) is 0 Å². The van der Waals surface area contributed by atoms with Gasteiger partial charge in [0.1, 0.15) is 5.82 Å². The SMILES string of the molecule is CCCCN(CCCC)C(=O)c1cc(N)n(CC)n1. The van der Waals surface area contributed by atoms with Crippen LogP contribution in [0.15, 0.2) is 6.07 Å². The highest BCUT2D eigenvalue weighted by Crippen LogP contribution is 2.11. The molecule has 0 bridgehead atoms. The second kappa shape index (κ2) is 7.81. The first-order chi connectivity index (χ1) is 9.13. The Balaban J connectivity index is 2.78. The molecule has 1 heterocycles. The van der Waals surface area contributed by atoms with Gasteiger partial charge in [0.05, 0.1) is 0 Å². The number of carbonyl (C=O) groups excluding carboxylic acids is 1. The third-order valence-electron chi connectivity index (χ3n) is 3.18. The lowest BCUT2D eigenvalue weighted by molar-refractivity contribution is 0.0744. The van der Waals surface area contributed by atoms with E-state index in [1.54, 1.807) is 10.7 Å². The number of nitrogens with zero attached hydrogens (tertiary/aromatic N) is 3. The molecule has 0 spiro atoms. The molecule has 0 aromatic carbocycles. The molecule has 0 unspecified atom stereocenters. The van der Waals surface area contributed by atoms with Crippen LogP contribution >= 0.6 is 0 Å². The molecule has 0 aliphatic heterocycles. The van der Waals surface area contributed by atoms with Crippen molar-refractivity contribution in [2.45, 2.75) is 53.0 Å². The molecule has 1 aromatic heterocycles. The van der Waals surface area contributed by atoms with Gasteiger partial charge in [0.2, 0.25) is 0 Å². The molecule has 5 nitrogen and oxygen atoms in total. The lowest BCUT2D eigenvalue weighted by Gasteiger charge is -2.21. The van der Waals surface area contributed by atoms with Crippen molar-refractivity contribution in [3.05, 3.63) is 11.8 Å². The van der Waals surface area contributed by atoms with Crippen LogP contribution in [0.5, 0.6) is 0 Å². The molecule has 2 N–H and O–H groups in total. The van der Waals surface area contributed by atoms with E-state index in [9.17, 15) is 4.79 Å². The van der Waals surface area contributed by atoms with Gasteiger partial charge < -0.3 is 10.6 Å². The van der Waals surface area contributed by atoms with E-state index in [0.29, 0.717) is 18.1 Å². The Hall–Kier alpha value is -1.52. The Kier molecular flexibility index (Phi) is 6.39. The summed E-state index contributed by atoms with van der Waals surface area (Å²) in [4.78, 5) is 14.3. The normalized spacial score (nSPS) is 10.7. The van der Waals surface area contributed by atoms with E-state index in [4.69, 9.17) is 5.73 Å². The molecule has 0 radical (unpaired) electrons. The van der Waals surface area contributed by atoms with Gasteiger partial charge in [-0.05, 0) is 19.8 Å². The molecule has 0 aliphatic rings. The molecule has 108 valence electrons. The predicted molar refractivity (Wildman–Crippen MR) is 78.0 cm³/mol. The van der Waals surface area contributed by atoms with Gasteiger partial charge in [-0.3, -0.25) is 4.79 Å². The van der Waals surface area contributed by atoms with Crippen LogP contribution in [-0.2, 0) is 6.54 Å². The van der Waals surface area contributed by atoms with Crippen molar-refractivity contribution in [2.75, 3.05) is 18.8 Å². The third kappa shape index (κ3) is 4.26. The van der Waals surface area contributed by atoms with E-state index >= 15 is 0 Å². The lowest BCUT2D eigenvalue weighted by atomic mass is 10.2. The van der Waals surface area contributed by atoms with E-state index in [0.717, 1.165) is 38.8 Å². The van der Waals surface area contributed by atoms with Crippen LogP contribution in [0.1, 0.15) is 56.9 Å². The highest BCUT2D eigenvalue weighted by atomic mass is 16.2. The maximum atomic E-state index is 12.4. The second-order valence-corrected chi connectivity index (χ2v) is 4.77. The molecular weight excluding hydrogens is 240 g/mol. The molecule has 0 saturated carbocycles. The maximum absolute atomic E-state index is 12.4. The van der Waals surface area contributed by atoms with Crippen LogP contribution in [0.4, 0.5) is 5.82 Å². The summed E-state index contributed by atoms with van der Waals surface area (Å²) in [7, 11) is 0. The van der Waals surface area contributed by atoms with Gasteiger partial charge in [0, 0.05) is 25.7 Å². The number of hydrogen-bond donors (Lipinski definition) is 1. The van der Waals surface area contributed by atoms with Crippen molar-refractivity contribution in [3.8, 4) is 0 Å². The van der Waals surface area contributed by atoms with Gasteiger partial charge in [-0.25, -0.2) is 4.68 Å². The molecule has 0 fully saturated rings. The Bertz CT molecular complexity index is 392. The summed E-state index contributed by atoms with van der Waals surface area (Å²) in [6, 6.07) is 1.68. The average molecular weight is 266 g/mol. The van der Waals surface area contributed by atoms with Crippen LogP contribution in [0.2, 0.25) is 0 Å². The van der Waals surface area contributed by atoms with Crippen molar-refractivity contribution in [2.24, 2.45) is 0 Å². The molecule has 0 atom stereocenters. The second-order valence-electron chi connectivity index (χ2n) is 4.77. The van der Waals surface area contributed by atoms with Crippen LogP contribution in [0, 0.1) is 0 Å².